The first-order valence-electron chi connectivity index (χ1n) is 11.1. The number of carbonyl (C=O) groups excluding carboxylic acids is 2. The Balaban J connectivity index is 1.24. The molecule has 2 aliphatic rings. The van der Waals surface area contributed by atoms with Crippen LogP contribution in [0.3, 0.4) is 0 Å². The topological polar surface area (TPSA) is 88.5 Å². The zero-order valence-electron chi connectivity index (χ0n) is 17.9. The lowest BCUT2D eigenvalue weighted by Crippen LogP contribution is -2.36. The summed E-state index contributed by atoms with van der Waals surface area (Å²) >= 11 is 1.67. The third-order valence-corrected chi connectivity index (χ3v) is 7.26. The molecule has 2 N–H and O–H groups in total. The average molecular weight is 440 g/mol. The van der Waals surface area contributed by atoms with Gasteiger partial charge in [0.1, 0.15) is 16.5 Å². The van der Waals surface area contributed by atoms with E-state index in [1.807, 2.05) is 23.7 Å². The van der Waals surface area contributed by atoms with Crippen LogP contribution in [0.15, 0.2) is 29.8 Å². The van der Waals surface area contributed by atoms with Gasteiger partial charge in [-0.2, -0.15) is 0 Å². The molecule has 0 bridgehead atoms. The first-order chi connectivity index (χ1) is 15.0. The van der Waals surface area contributed by atoms with Crippen LogP contribution < -0.4 is 9.97 Å². The molecule has 1 aromatic heterocycles. The molecule has 0 saturated heterocycles. The molecule has 6 nitrogen and oxygen atoms in total. The highest BCUT2D eigenvalue weighted by atomic mass is 32.1. The summed E-state index contributed by atoms with van der Waals surface area (Å²) in [6.07, 6.45) is 7.54. The number of carbonyl (C=O) groups is 2. The van der Waals surface area contributed by atoms with E-state index in [9.17, 15) is 14.6 Å². The summed E-state index contributed by atoms with van der Waals surface area (Å²) < 4.78 is 5.67. The first-order valence-corrected chi connectivity index (χ1v) is 12.0. The van der Waals surface area contributed by atoms with Crippen molar-refractivity contribution < 1.29 is 19.3 Å². The van der Waals surface area contributed by atoms with Crippen molar-refractivity contribution in [3.8, 4) is 5.75 Å². The van der Waals surface area contributed by atoms with Gasteiger partial charge in [0.15, 0.2) is 5.78 Å². The van der Waals surface area contributed by atoms with E-state index in [-0.39, 0.29) is 17.4 Å². The number of rotatable bonds is 8. The normalized spacial score (nSPS) is 23.2. The Labute approximate surface area is 187 Å². The van der Waals surface area contributed by atoms with Crippen LogP contribution in [0.5, 0.6) is 5.75 Å². The Kier molecular flexibility index (Phi) is 7.20. The van der Waals surface area contributed by atoms with E-state index < -0.39 is 7.12 Å². The van der Waals surface area contributed by atoms with Crippen molar-refractivity contribution in [2.45, 2.75) is 70.3 Å². The van der Waals surface area contributed by atoms with E-state index in [0.29, 0.717) is 42.5 Å². The lowest BCUT2D eigenvalue weighted by atomic mass is 9.64. The minimum absolute atomic E-state index is 0.0877. The van der Waals surface area contributed by atoms with Crippen molar-refractivity contribution in [3.63, 3.8) is 0 Å². The Bertz CT molecular complexity index is 912. The Morgan fingerprint density at radius 2 is 2.06 bits per heavy atom. The average Bonchev–Trinajstić information content (AvgIpc) is 3.27. The highest BCUT2D eigenvalue weighted by Gasteiger charge is 2.37. The predicted octanol–water partition coefficient (Wildman–Crippen LogP) is 3.83. The molecule has 8 heteroatoms. The van der Waals surface area contributed by atoms with Gasteiger partial charge in [0.2, 0.25) is 0 Å². The SMILES string of the molecule is CC(=O)c1cccc2c1OB(O)[C@@H](CC(=O)CC1CCC(NCc3nccs3)CC1)C2. The molecule has 1 aromatic carbocycles. The molecule has 1 aliphatic carbocycles. The molecule has 1 saturated carbocycles. The molecule has 1 aliphatic heterocycles. The van der Waals surface area contributed by atoms with Gasteiger partial charge in [-0.25, -0.2) is 4.98 Å². The van der Waals surface area contributed by atoms with E-state index in [4.69, 9.17) is 4.65 Å². The van der Waals surface area contributed by atoms with Crippen LogP contribution >= 0.6 is 11.3 Å². The van der Waals surface area contributed by atoms with Gasteiger partial charge in [-0.3, -0.25) is 9.59 Å². The summed E-state index contributed by atoms with van der Waals surface area (Å²) in [6.45, 7) is 2.31. The Morgan fingerprint density at radius 3 is 2.77 bits per heavy atom. The lowest BCUT2D eigenvalue weighted by Gasteiger charge is -2.30. The molecule has 0 spiro atoms. The summed E-state index contributed by atoms with van der Waals surface area (Å²) in [5.41, 5.74) is 1.38. The Hall–Kier alpha value is -2.03. The van der Waals surface area contributed by atoms with E-state index >= 15 is 0 Å². The number of nitrogens with one attached hydrogen (secondary N) is 1. The fourth-order valence-corrected chi connectivity index (χ4v) is 5.34. The van der Waals surface area contributed by atoms with Crippen molar-refractivity contribution in [1.82, 2.24) is 10.3 Å². The molecule has 0 radical (unpaired) electrons. The number of Topliss-reactive ketones (excluding diaryl/α,β-unsaturated/α-hetero) is 2. The molecule has 0 unspecified atom stereocenters. The lowest BCUT2D eigenvalue weighted by molar-refractivity contribution is -0.120. The molecule has 1 atom stereocenters. The van der Waals surface area contributed by atoms with Crippen LogP contribution in [0.4, 0.5) is 0 Å². The summed E-state index contributed by atoms with van der Waals surface area (Å²) in [5, 5.41) is 17.1. The molecule has 164 valence electrons. The van der Waals surface area contributed by atoms with E-state index in [1.54, 1.807) is 17.4 Å². The van der Waals surface area contributed by atoms with Crippen LogP contribution in [0, 0.1) is 5.92 Å². The second-order valence-electron chi connectivity index (χ2n) is 8.79. The number of para-hydroxylation sites is 1. The number of hydrogen-bond acceptors (Lipinski definition) is 7. The quantitative estimate of drug-likeness (QED) is 0.479. The minimum atomic E-state index is -1.05. The van der Waals surface area contributed by atoms with Crippen LogP contribution in [0.2, 0.25) is 5.82 Å². The largest absolute Gasteiger partial charge is 0.535 e. The second-order valence-corrected chi connectivity index (χ2v) is 9.77. The first kappa shape index (κ1) is 22.2. The van der Waals surface area contributed by atoms with Crippen molar-refractivity contribution in [3.05, 3.63) is 45.9 Å². The van der Waals surface area contributed by atoms with E-state index in [1.165, 1.54) is 6.92 Å². The number of ketones is 2. The molecule has 1 fully saturated rings. The van der Waals surface area contributed by atoms with Crippen LogP contribution in [-0.2, 0) is 17.8 Å². The fraction of sp³-hybridized carbons (Fsp3) is 0.522. The van der Waals surface area contributed by atoms with E-state index in [2.05, 4.69) is 10.3 Å². The zero-order valence-corrected chi connectivity index (χ0v) is 18.7. The maximum absolute atomic E-state index is 12.7. The molecular weight excluding hydrogens is 411 g/mol. The summed E-state index contributed by atoms with van der Waals surface area (Å²) in [5.74, 6) is 0.727. The van der Waals surface area contributed by atoms with Crippen molar-refractivity contribution in [2.75, 3.05) is 0 Å². The molecule has 31 heavy (non-hydrogen) atoms. The molecule has 4 rings (SSSR count). The third-order valence-electron chi connectivity index (χ3n) is 6.48. The monoisotopic (exact) mass is 440 g/mol. The van der Waals surface area contributed by atoms with Crippen molar-refractivity contribution in [2.24, 2.45) is 5.92 Å². The highest BCUT2D eigenvalue weighted by Crippen LogP contribution is 2.37. The van der Waals surface area contributed by atoms with Gasteiger partial charge in [-0.1, -0.05) is 12.1 Å². The number of hydrogen-bond donors (Lipinski definition) is 2. The van der Waals surface area contributed by atoms with Crippen LogP contribution in [-0.4, -0.2) is 34.7 Å². The number of fused-ring (bicyclic) bond motifs is 1. The second kappa shape index (κ2) is 10.1. The fourth-order valence-electron chi connectivity index (χ4n) is 4.78. The molecular formula is C23H29BN2O4S. The highest BCUT2D eigenvalue weighted by molar-refractivity contribution is 7.09. The predicted molar refractivity (Wildman–Crippen MR) is 121 cm³/mol. The van der Waals surface area contributed by atoms with Crippen molar-refractivity contribution >= 4 is 30.0 Å². The van der Waals surface area contributed by atoms with Crippen molar-refractivity contribution in [1.29, 1.82) is 0 Å². The number of thiazole rings is 1. The van der Waals surface area contributed by atoms with Crippen LogP contribution in [0.1, 0.15) is 66.4 Å². The van der Waals surface area contributed by atoms with Gasteiger partial charge < -0.3 is 15.0 Å². The van der Waals surface area contributed by atoms with E-state index in [0.717, 1.165) is 42.8 Å². The third kappa shape index (κ3) is 5.62. The van der Waals surface area contributed by atoms with Gasteiger partial charge in [0.25, 0.3) is 0 Å². The van der Waals surface area contributed by atoms with Gasteiger partial charge in [-0.05, 0) is 56.6 Å². The summed E-state index contributed by atoms with van der Waals surface area (Å²) in [4.78, 5) is 28.8. The molecule has 2 heterocycles. The van der Waals surface area contributed by atoms with Crippen LogP contribution in [0.25, 0.3) is 0 Å². The smallest absolute Gasteiger partial charge is 0.526 e. The van der Waals surface area contributed by atoms with Gasteiger partial charge in [-0.15, -0.1) is 11.3 Å². The number of benzene rings is 1. The standard InChI is InChI=1S/C23H29BN2O4S/c1-15(27)21-4-2-3-17-12-18(24(29)30-23(17)21)13-20(28)11-16-5-7-19(8-6-16)26-14-22-25-9-10-31-22/h2-4,9-10,16,18-19,26,29H,5-8,11-14H2,1H3/t16?,18-,19?/m1/s1. The minimum Gasteiger partial charge on any atom is -0.535 e. The van der Waals surface area contributed by atoms with Gasteiger partial charge in [0, 0.05) is 42.8 Å². The van der Waals surface area contributed by atoms with Gasteiger partial charge >= 0.3 is 7.12 Å². The molecule has 2 aromatic rings. The zero-order chi connectivity index (χ0) is 21.8. The summed E-state index contributed by atoms with van der Waals surface area (Å²) in [6, 6.07) is 5.94. The summed E-state index contributed by atoms with van der Waals surface area (Å²) in [7, 11) is -1.05. The number of aromatic nitrogens is 1. The maximum Gasteiger partial charge on any atom is 0.526 e. The molecule has 0 amide bonds. The van der Waals surface area contributed by atoms with Gasteiger partial charge in [0.05, 0.1) is 5.56 Å². The maximum atomic E-state index is 12.7. The number of nitrogens with zero attached hydrogens (tertiary/aromatic N) is 1. The Morgan fingerprint density at radius 1 is 1.26 bits per heavy atom.